The normalized spacial score (nSPS) is 27.6. The van der Waals surface area contributed by atoms with Gasteiger partial charge in [0, 0.05) is 50.2 Å². The molecule has 2 unspecified atom stereocenters. The second-order valence-electron chi connectivity index (χ2n) is 5.79. The van der Waals surface area contributed by atoms with E-state index in [1.807, 2.05) is 11.3 Å². The van der Waals surface area contributed by atoms with Gasteiger partial charge in [0.05, 0.1) is 19.3 Å². The predicted molar refractivity (Wildman–Crippen MR) is 83.4 cm³/mol. The van der Waals surface area contributed by atoms with E-state index in [0.717, 1.165) is 52.5 Å². The Kier molecular flexibility index (Phi) is 5.07. The summed E-state index contributed by atoms with van der Waals surface area (Å²) in [5.74, 6) is 0. The lowest BCUT2D eigenvalue weighted by atomic mass is 10.1. The standard InChI is InChI=1S/C15H25N3OS/c1-13-11-18(5-4-16-13)14(15-3-2-10-20-15)12-17-6-8-19-9-7-17/h2-3,10,13-14,16H,4-9,11-12H2,1H3. The summed E-state index contributed by atoms with van der Waals surface area (Å²) in [6.45, 7) is 10.7. The minimum atomic E-state index is 0.539. The maximum atomic E-state index is 5.47. The van der Waals surface area contributed by atoms with E-state index in [1.54, 1.807) is 0 Å². The molecule has 0 aromatic carbocycles. The fraction of sp³-hybridized carbons (Fsp3) is 0.733. The van der Waals surface area contributed by atoms with Gasteiger partial charge in [0.1, 0.15) is 0 Å². The van der Waals surface area contributed by atoms with E-state index in [9.17, 15) is 0 Å². The van der Waals surface area contributed by atoms with Crippen molar-refractivity contribution in [3.05, 3.63) is 22.4 Å². The van der Waals surface area contributed by atoms with Crippen LogP contribution < -0.4 is 5.32 Å². The highest BCUT2D eigenvalue weighted by molar-refractivity contribution is 7.10. The lowest BCUT2D eigenvalue weighted by molar-refractivity contribution is 0.0192. The van der Waals surface area contributed by atoms with Gasteiger partial charge in [-0.3, -0.25) is 9.80 Å². The highest BCUT2D eigenvalue weighted by Gasteiger charge is 2.27. The molecule has 1 N–H and O–H groups in total. The van der Waals surface area contributed by atoms with Crippen LogP contribution in [0, 0.1) is 0 Å². The zero-order valence-electron chi connectivity index (χ0n) is 12.3. The smallest absolute Gasteiger partial charge is 0.0594 e. The molecule has 0 amide bonds. The zero-order chi connectivity index (χ0) is 13.8. The molecule has 5 heteroatoms. The van der Waals surface area contributed by atoms with Crippen LogP contribution in [0.4, 0.5) is 0 Å². The van der Waals surface area contributed by atoms with Crippen LogP contribution >= 0.6 is 11.3 Å². The Morgan fingerprint density at radius 3 is 2.95 bits per heavy atom. The summed E-state index contributed by atoms with van der Waals surface area (Å²) in [4.78, 5) is 6.72. The van der Waals surface area contributed by atoms with E-state index in [-0.39, 0.29) is 0 Å². The zero-order valence-corrected chi connectivity index (χ0v) is 13.1. The van der Waals surface area contributed by atoms with Crippen LogP contribution in [0.1, 0.15) is 17.8 Å². The summed E-state index contributed by atoms with van der Waals surface area (Å²) < 4.78 is 5.47. The number of hydrogen-bond acceptors (Lipinski definition) is 5. The molecule has 3 heterocycles. The van der Waals surface area contributed by atoms with E-state index in [4.69, 9.17) is 4.74 Å². The number of hydrogen-bond donors (Lipinski definition) is 1. The molecule has 1 aromatic rings. The van der Waals surface area contributed by atoms with Crippen LogP contribution in [0.25, 0.3) is 0 Å². The van der Waals surface area contributed by atoms with E-state index in [1.165, 1.54) is 4.88 Å². The fourth-order valence-corrected chi connectivity index (χ4v) is 3.99. The van der Waals surface area contributed by atoms with Gasteiger partial charge in [0.2, 0.25) is 0 Å². The van der Waals surface area contributed by atoms with Crippen LogP contribution in [-0.4, -0.2) is 68.3 Å². The summed E-state index contributed by atoms with van der Waals surface area (Å²) >= 11 is 1.89. The largest absolute Gasteiger partial charge is 0.379 e. The number of piperazine rings is 1. The van der Waals surface area contributed by atoms with Crippen molar-refractivity contribution in [1.29, 1.82) is 0 Å². The summed E-state index contributed by atoms with van der Waals surface area (Å²) in [5, 5.41) is 5.75. The van der Waals surface area contributed by atoms with Crippen molar-refractivity contribution in [2.75, 3.05) is 52.5 Å². The molecule has 4 nitrogen and oxygen atoms in total. The van der Waals surface area contributed by atoms with E-state index in [2.05, 4.69) is 39.6 Å². The van der Waals surface area contributed by atoms with Crippen LogP contribution in [0.2, 0.25) is 0 Å². The number of nitrogens with one attached hydrogen (secondary N) is 1. The average molecular weight is 295 g/mol. The molecule has 112 valence electrons. The van der Waals surface area contributed by atoms with Gasteiger partial charge in [0.25, 0.3) is 0 Å². The van der Waals surface area contributed by atoms with Gasteiger partial charge < -0.3 is 10.1 Å². The molecule has 0 radical (unpaired) electrons. The van der Waals surface area contributed by atoms with Crippen molar-refractivity contribution in [2.45, 2.75) is 19.0 Å². The Morgan fingerprint density at radius 2 is 2.25 bits per heavy atom. The first-order chi connectivity index (χ1) is 9.83. The molecular formula is C15H25N3OS. The third-order valence-electron chi connectivity index (χ3n) is 4.25. The van der Waals surface area contributed by atoms with Crippen molar-refractivity contribution >= 4 is 11.3 Å². The van der Waals surface area contributed by atoms with Crippen molar-refractivity contribution in [3.8, 4) is 0 Å². The van der Waals surface area contributed by atoms with Crippen LogP contribution in [0.3, 0.4) is 0 Å². The molecule has 3 rings (SSSR count). The Balaban J connectivity index is 1.69. The number of rotatable bonds is 4. The molecule has 1 aromatic heterocycles. The van der Waals surface area contributed by atoms with E-state index in [0.29, 0.717) is 12.1 Å². The summed E-state index contributed by atoms with van der Waals surface area (Å²) in [6, 6.07) is 5.61. The molecular weight excluding hydrogens is 270 g/mol. The second kappa shape index (κ2) is 7.00. The van der Waals surface area contributed by atoms with Gasteiger partial charge in [-0.05, 0) is 18.4 Å². The SMILES string of the molecule is CC1CN(C(CN2CCOCC2)c2cccs2)CCN1. The third kappa shape index (κ3) is 3.59. The van der Waals surface area contributed by atoms with Crippen molar-refractivity contribution in [3.63, 3.8) is 0 Å². The van der Waals surface area contributed by atoms with E-state index < -0.39 is 0 Å². The molecule has 20 heavy (non-hydrogen) atoms. The first-order valence-electron chi connectivity index (χ1n) is 7.64. The predicted octanol–water partition coefficient (Wildman–Crippen LogP) is 1.42. The average Bonchev–Trinajstić information content (AvgIpc) is 3.00. The number of morpholine rings is 1. The first-order valence-corrected chi connectivity index (χ1v) is 8.52. The van der Waals surface area contributed by atoms with Crippen LogP contribution in [0.5, 0.6) is 0 Å². The lowest BCUT2D eigenvalue weighted by Gasteiger charge is -2.40. The van der Waals surface area contributed by atoms with Crippen molar-refractivity contribution < 1.29 is 4.74 Å². The highest BCUT2D eigenvalue weighted by atomic mass is 32.1. The van der Waals surface area contributed by atoms with Crippen molar-refractivity contribution in [2.24, 2.45) is 0 Å². The van der Waals surface area contributed by atoms with Gasteiger partial charge in [-0.1, -0.05) is 6.07 Å². The first kappa shape index (κ1) is 14.5. The van der Waals surface area contributed by atoms with Gasteiger partial charge in [0.15, 0.2) is 0 Å². The number of ether oxygens (including phenoxy) is 1. The van der Waals surface area contributed by atoms with Crippen LogP contribution in [0.15, 0.2) is 17.5 Å². The van der Waals surface area contributed by atoms with Gasteiger partial charge in [-0.15, -0.1) is 11.3 Å². The minimum absolute atomic E-state index is 0.539. The molecule has 0 spiro atoms. The highest BCUT2D eigenvalue weighted by Crippen LogP contribution is 2.27. The summed E-state index contributed by atoms with van der Waals surface area (Å²) in [6.07, 6.45) is 0. The Morgan fingerprint density at radius 1 is 1.40 bits per heavy atom. The number of thiophene rings is 1. The summed E-state index contributed by atoms with van der Waals surface area (Å²) in [5.41, 5.74) is 0. The quantitative estimate of drug-likeness (QED) is 0.909. The topological polar surface area (TPSA) is 27.7 Å². The molecule has 0 saturated carbocycles. The van der Waals surface area contributed by atoms with Crippen LogP contribution in [-0.2, 0) is 4.74 Å². The Bertz CT molecular complexity index is 392. The maximum absolute atomic E-state index is 5.47. The molecule has 0 aliphatic carbocycles. The lowest BCUT2D eigenvalue weighted by Crippen LogP contribution is -2.52. The van der Waals surface area contributed by atoms with E-state index >= 15 is 0 Å². The molecule has 2 aliphatic heterocycles. The molecule has 2 saturated heterocycles. The maximum Gasteiger partial charge on any atom is 0.0594 e. The van der Waals surface area contributed by atoms with Gasteiger partial charge >= 0.3 is 0 Å². The summed E-state index contributed by atoms with van der Waals surface area (Å²) in [7, 11) is 0. The third-order valence-corrected chi connectivity index (χ3v) is 5.22. The fourth-order valence-electron chi connectivity index (χ4n) is 3.14. The van der Waals surface area contributed by atoms with Gasteiger partial charge in [-0.25, -0.2) is 0 Å². The minimum Gasteiger partial charge on any atom is -0.379 e. The molecule has 2 fully saturated rings. The van der Waals surface area contributed by atoms with Gasteiger partial charge in [-0.2, -0.15) is 0 Å². The van der Waals surface area contributed by atoms with Crippen molar-refractivity contribution in [1.82, 2.24) is 15.1 Å². The monoisotopic (exact) mass is 295 g/mol. The Hall–Kier alpha value is -0.460. The molecule has 0 bridgehead atoms. The number of nitrogens with zero attached hydrogens (tertiary/aromatic N) is 2. The molecule has 2 aliphatic rings. The Labute approximate surface area is 125 Å². The molecule has 2 atom stereocenters. The second-order valence-corrected chi connectivity index (χ2v) is 6.77.